The molecule has 1 amide bonds. The minimum atomic E-state index is -0.632. The Hall–Kier alpha value is -1.53. The molecule has 1 N–H and O–H groups in total. The Morgan fingerprint density at radius 2 is 2.05 bits per heavy atom. The monoisotopic (exact) mass is 297 g/mol. The van der Waals surface area contributed by atoms with Crippen molar-refractivity contribution in [1.82, 2.24) is 15.1 Å². The molecule has 2 atom stereocenters. The summed E-state index contributed by atoms with van der Waals surface area (Å²) in [7, 11) is 3.83. The minimum absolute atomic E-state index is 0.0342. The van der Waals surface area contributed by atoms with E-state index in [4.69, 9.17) is 0 Å². The summed E-state index contributed by atoms with van der Waals surface area (Å²) < 4.78 is 27.1. The molecular weight excluding hydrogens is 276 g/mol. The van der Waals surface area contributed by atoms with Gasteiger partial charge in [0.2, 0.25) is 5.91 Å². The average molecular weight is 297 g/mol. The van der Waals surface area contributed by atoms with Crippen LogP contribution in [-0.4, -0.2) is 48.9 Å². The Kier molecular flexibility index (Phi) is 4.90. The molecule has 1 heterocycles. The summed E-state index contributed by atoms with van der Waals surface area (Å²) in [6, 6.07) is 3.15. The van der Waals surface area contributed by atoms with Gasteiger partial charge in [-0.25, -0.2) is 8.78 Å². The van der Waals surface area contributed by atoms with E-state index in [1.807, 2.05) is 25.9 Å². The van der Waals surface area contributed by atoms with Gasteiger partial charge >= 0.3 is 0 Å². The van der Waals surface area contributed by atoms with E-state index in [9.17, 15) is 13.6 Å². The summed E-state index contributed by atoms with van der Waals surface area (Å²) in [6.45, 7) is 3.09. The molecule has 1 fully saturated rings. The molecule has 2 rings (SSSR count). The number of nitrogens with one attached hydrogen (secondary N) is 1. The molecule has 0 saturated carbocycles. The number of carbonyl (C=O) groups excluding carboxylic acids is 1. The van der Waals surface area contributed by atoms with Gasteiger partial charge in [0.1, 0.15) is 17.8 Å². The second kappa shape index (κ2) is 6.49. The van der Waals surface area contributed by atoms with E-state index in [1.165, 1.54) is 12.1 Å². The lowest BCUT2D eigenvalue weighted by atomic mass is 10.1. The summed E-state index contributed by atoms with van der Waals surface area (Å²) in [6.07, 6.45) is 0.0966. The molecule has 0 bridgehead atoms. The highest BCUT2D eigenvalue weighted by molar-refractivity contribution is 5.84. The van der Waals surface area contributed by atoms with Crippen molar-refractivity contribution < 1.29 is 13.6 Å². The number of rotatable bonds is 5. The average Bonchev–Trinajstić information content (AvgIpc) is 2.73. The predicted molar refractivity (Wildman–Crippen MR) is 76.6 cm³/mol. The van der Waals surface area contributed by atoms with Crippen molar-refractivity contribution in [1.29, 1.82) is 0 Å². The van der Waals surface area contributed by atoms with Gasteiger partial charge in [0.25, 0.3) is 0 Å². The van der Waals surface area contributed by atoms with Crippen molar-refractivity contribution >= 4 is 5.91 Å². The topological polar surface area (TPSA) is 35.6 Å². The van der Waals surface area contributed by atoms with Gasteiger partial charge in [-0.05, 0) is 32.6 Å². The summed E-state index contributed by atoms with van der Waals surface area (Å²) in [5, 5.41) is 3.14. The van der Waals surface area contributed by atoms with E-state index in [1.54, 1.807) is 4.90 Å². The molecule has 0 aliphatic carbocycles. The van der Waals surface area contributed by atoms with E-state index in [0.29, 0.717) is 25.1 Å². The molecule has 1 saturated heterocycles. The molecule has 0 aromatic heterocycles. The van der Waals surface area contributed by atoms with Crippen LogP contribution in [0, 0.1) is 11.6 Å². The first-order chi connectivity index (χ1) is 9.93. The van der Waals surface area contributed by atoms with Crippen molar-refractivity contribution in [3.63, 3.8) is 0 Å². The van der Waals surface area contributed by atoms with Crippen LogP contribution in [0.25, 0.3) is 0 Å². The summed E-state index contributed by atoms with van der Waals surface area (Å²) in [5.74, 6) is -1.28. The number of halogens is 2. The third-order valence-electron chi connectivity index (χ3n) is 3.71. The van der Waals surface area contributed by atoms with Crippen molar-refractivity contribution in [2.75, 3.05) is 27.2 Å². The number of amides is 1. The van der Waals surface area contributed by atoms with Crippen molar-refractivity contribution in [2.24, 2.45) is 0 Å². The highest BCUT2D eigenvalue weighted by Gasteiger charge is 2.39. The van der Waals surface area contributed by atoms with E-state index in [0.717, 1.165) is 6.07 Å². The van der Waals surface area contributed by atoms with Crippen LogP contribution < -0.4 is 5.32 Å². The molecule has 2 unspecified atom stereocenters. The number of hydrogen-bond donors (Lipinski definition) is 1. The third kappa shape index (κ3) is 3.39. The third-order valence-corrected chi connectivity index (χ3v) is 3.71. The Morgan fingerprint density at radius 3 is 2.62 bits per heavy atom. The van der Waals surface area contributed by atoms with Crippen LogP contribution in [0.4, 0.5) is 8.78 Å². The van der Waals surface area contributed by atoms with Crippen LogP contribution in [0.15, 0.2) is 18.2 Å². The van der Waals surface area contributed by atoms with Gasteiger partial charge in [-0.3, -0.25) is 10.1 Å². The molecule has 1 aromatic carbocycles. The second-order valence-electron chi connectivity index (χ2n) is 5.53. The van der Waals surface area contributed by atoms with E-state index < -0.39 is 17.8 Å². The molecule has 1 aromatic rings. The lowest BCUT2D eigenvalue weighted by molar-refractivity contribution is -0.130. The molecule has 0 spiro atoms. The zero-order valence-electron chi connectivity index (χ0n) is 12.6. The van der Waals surface area contributed by atoms with Crippen molar-refractivity contribution in [3.8, 4) is 0 Å². The second-order valence-corrected chi connectivity index (χ2v) is 5.53. The molecule has 6 heteroatoms. The van der Waals surface area contributed by atoms with Gasteiger partial charge in [-0.2, -0.15) is 0 Å². The molecule has 4 nitrogen and oxygen atoms in total. The lowest BCUT2D eigenvalue weighted by Gasteiger charge is -2.26. The summed E-state index contributed by atoms with van der Waals surface area (Å²) in [4.78, 5) is 16.0. The van der Waals surface area contributed by atoms with Gasteiger partial charge < -0.3 is 9.80 Å². The van der Waals surface area contributed by atoms with E-state index in [-0.39, 0.29) is 11.9 Å². The normalized spacial score (nSPS) is 22.4. The Bertz CT molecular complexity index is 522. The smallest absolute Gasteiger partial charge is 0.241 e. The molecule has 1 aliphatic heterocycles. The fraction of sp³-hybridized carbons (Fsp3) is 0.533. The first-order valence-electron chi connectivity index (χ1n) is 7.10. The van der Waals surface area contributed by atoms with Crippen LogP contribution in [0.1, 0.15) is 25.1 Å². The van der Waals surface area contributed by atoms with Crippen molar-refractivity contribution in [2.45, 2.75) is 25.6 Å². The Balaban J connectivity index is 2.27. The van der Waals surface area contributed by atoms with Crippen LogP contribution in [0.3, 0.4) is 0 Å². The van der Waals surface area contributed by atoms with Crippen molar-refractivity contribution in [3.05, 3.63) is 35.4 Å². The fourth-order valence-electron chi connectivity index (χ4n) is 2.50. The van der Waals surface area contributed by atoms with Crippen LogP contribution in [-0.2, 0) is 4.79 Å². The predicted octanol–water partition coefficient (Wildman–Crippen LogP) is 1.74. The summed E-state index contributed by atoms with van der Waals surface area (Å²) in [5.41, 5.74) is 0.305. The number of carbonyl (C=O) groups is 1. The van der Waals surface area contributed by atoms with Gasteiger partial charge in [-0.15, -0.1) is 0 Å². The van der Waals surface area contributed by atoms with Crippen LogP contribution in [0.2, 0.25) is 0 Å². The Morgan fingerprint density at radius 1 is 1.33 bits per heavy atom. The first-order valence-corrected chi connectivity index (χ1v) is 7.10. The van der Waals surface area contributed by atoms with Gasteiger partial charge in [-0.1, -0.05) is 6.92 Å². The highest BCUT2D eigenvalue weighted by atomic mass is 19.1. The summed E-state index contributed by atoms with van der Waals surface area (Å²) >= 11 is 0. The van der Waals surface area contributed by atoms with Gasteiger partial charge in [0, 0.05) is 24.7 Å². The maximum absolute atomic E-state index is 14.0. The maximum Gasteiger partial charge on any atom is 0.241 e. The standard InChI is InChI=1S/C15H21F2N3O/c1-4-13-15(21)20(8-7-19(2)3)14(18-13)11-6-5-10(16)9-12(11)17/h5-6,9,13-14,18H,4,7-8H2,1-3H3. The number of likely N-dealkylation sites (N-methyl/N-ethyl adjacent to an activating group) is 1. The number of benzene rings is 1. The molecule has 116 valence electrons. The lowest BCUT2D eigenvalue weighted by Crippen LogP contribution is -2.36. The molecular formula is C15H21F2N3O. The quantitative estimate of drug-likeness (QED) is 0.899. The number of nitrogens with zero attached hydrogens (tertiary/aromatic N) is 2. The molecule has 0 radical (unpaired) electrons. The molecule has 1 aliphatic rings. The minimum Gasteiger partial charge on any atom is -0.320 e. The van der Waals surface area contributed by atoms with Gasteiger partial charge in [0.15, 0.2) is 0 Å². The number of hydrogen-bond acceptors (Lipinski definition) is 3. The zero-order valence-corrected chi connectivity index (χ0v) is 12.6. The largest absolute Gasteiger partial charge is 0.320 e. The highest BCUT2D eigenvalue weighted by Crippen LogP contribution is 2.28. The van der Waals surface area contributed by atoms with Crippen LogP contribution in [0.5, 0.6) is 0 Å². The zero-order chi connectivity index (χ0) is 15.6. The first kappa shape index (κ1) is 15.9. The fourth-order valence-corrected chi connectivity index (χ4v) is 2.50. The van der Waals surface area contributed by atoms with Gasteiger partial charge in [0.05, 0.1) is 6.04 Å². The maximum atomic E-state index is 14.0. The van der Waals surface area contributed by atoms with E-state index in [2.05, 4.69) is 5.32 Å². The Labute approximate surface area is 123 Å². The van der Waals surface area contributed by atoms with Crippen LogP contribution >= 0.6 is 0 Å². The molecule has 21 heavy (non-hydrogen) atoms. The SMILES string of the molecule is CCC1NC(c2ccc(F)cc2F)N(CCN(C)C)C1=O. The van der Waals surface area contributed by atoms with E-state index >= 15 is 0 Å².